The summed E-state index contributed by atoms with van der Waals surface area (Å²) in [7, 11) is 0. The predicted molar refractivity (Wildman–Crippen MR) is 126 cm³/mol. The lowest BCUT2D eigenvalue weighted by molar-refractivity contribution is -0.384. The molecule has 7 nitrogen and oxygen atoms in total. The minimum Gasteiger partial charge on any atom is -0.363 e. The molecular weight excluding hydrogens is 390 g/mol. The number of nitro groups is 1. The Morgan fingerprint density at radius 2 is 1.68 bits per heavy atom. The van der Waals surface area contributed by atoms with E-state index in [9.17, 15) is 10.1 Å². The number of nitrogens with one attached hydrogen (secondary N) is 2. The van der Waals surface area contributed by atoms with Crippen molar-refractivity contribution < 1.29 is 4.92 Å². The average molecular weight is 418 g/mol. The Morgan fingerprint density at radius 3 is 2.39 bits per heavy atom. The maximum Gasteiger partial charge on any atom is 0.269 e. The number of hydrogen-bond acceptors (Lipinski definition) is 6. The summed E-state index contributed by atoms with van der Waals surface area (Å²) in [6.07, 6.45) is 5.97. The largest absolute Gasteiger partial charge is 0.363 e. The first-order valence-corrected chi connectivity index (χ1v) is 10.8. The first-order chi connectivity index (χ1) is 15.0. The van der Waals surface area contributed by atoms with Crippen LogP contribution in [0, 0.1) is 10.1 Å². The summed E-state index contributed by atoms with van der Waals surface area (Å²) in [5.74, 6) is 0. The fraction of sp³-hybridized carbons (Fsp3) is 0.333. The highest BCUT2D eigenvalue weighted by Crippen LogP contribution is 2.43. The number of non-ortho nitro benzene ring substituents is 1. The van der Waals surface area contributed by atoms with Crippen molar-refractivity contribution in [2.75, 3.05) is 10.6 Å². The molecule has 0 fully saturated rings. The fourth-order valence-electron chi connectivity index (χ4n) is 4.10. The Hall–Kier alpha value is -3.48. The van der Waals surface area contributed by atoms with E-state index in [4.69, 9.17) is 0 Å². The number of benzene rings is 3. The van der Waals surface area contributed by atoms with Gasteiger partial charge in [-0.25, -0.2) is 0 Å². The minimum atomic E-state index is -0.426. The van der Waals surface area contributed by atoms with Gasteiger partial charge in [-0.15, -0.1) is 5.11 Å². The molecule has 0 saturated heterocycles. The van der Waals surface area contributed by atoms with Crippen LogP contribution < -0.4 is 10.6 Å². The molecule has 0 aliphatic carbocycles. The molecule has 0 amide bonds. The number of nitrogens with zero attached hydrogens (tertiary/aromatic N) is 3. The number of anilines is 2. The van der Waals surface area contributed by atoms with Gasteiger partial charge in [0, 0.05) is 34.3 Å². The number of azo groups is 1. The average Bonchev–Trinajstić information content (AvgIpc) is 2.76. The van der Waals surface area contributed by atoms with Gasteiger partial charge in [-0.1, -0.05) is 38.3 Å². The lowest BCUT2D eigenvalue weighted by Crippen LogP contribution is -2.45. The number of hydrogen-bond donors (Lipinski definition) is 2. The zero-order chi connectivity index (χ0) is 21.8. The molecule has 3 aromatic carbocycles. The van der Waals surface area contributed by atoms with Gasteiger partial charge in [0.15, 0.2) is 0 Å². The van der Waals surface area contributed by atoms with Gasteiger partial charge in [0.2, 0.25) is 0 Å². The summed E-state index contributed by atoms with van der Waals surface area (Å²) in [5, 5.41) is 29.0. The van der Waals surface area contributed by atoms with E-state index < -0.39 is 4.92 Å². The van der Waals surface area contributed by atoms with Gasteiger partial charge >= 0.3 is 0 Å². The Bertz CT molecular complexity index is 1110. The molecule has 31 heavy (non-hydrogen) atoms. The molecule has 2 N–H and O–H groups in total. The van der Waals surface area contributed by atoms with E-state index in [0.29, 0.717) is 5.69 Å². The predicted octanol–water partition coefficient (Wildman–Crippen LogP) is 7.69. The molecule has 1 unspecified atom stereocenters. The van der Waals surface area contributed by atoms with E-state index in [-0.39, 0.29) is 11.4 Å². The normalized spacial score (nSPS) is 17.5. The van der Waals surface area contributed by atoms with Gasteiger partial charge in [0.1, 0.15) is 5.66 Å². The molecule has 0 spiro atoms. The zero-order valence-corrected chi connectivity index (χ0v) is 17.9. The maximum absolute atomic E-state index is 10.8. The Morgan fingerprint density at radius 1 is 0.935 bits per heavy atom. The Balaban J connectivity index is 1.59. The zero-order valence-electron chi connectivity index (χ0n) is 17.9. The summed E-state index contributed by atoms with van der Waals surface area (Å²) in [5.41, 5.74) is 3.37. The lowest BCUT2D eigenvalue weighted by Gasteiger charge is -2.39. The van der Waals surface area contributed by atoms with Crippen LogP contribution in [-0.2, 0) is 0 Å². The van der Waals surface area contributed by atoms with Crippen molar-refractivity contribution in [3.05, 3.63) is 64.7 Å². The molecule has 1 aliphatic rings. The van der Waals surface area contributed by atoms with Crippen molar-refractivity contribution in [1.82, 2.24) is 0 Å². The van der Waals surface area contributed by atoms with E-state index >= 15 is 0 Å². The molecule has 0 aromatic heterocycles. The van der Waals surface area contributed by atoms with Gasteiger partial charge in [0.25, 0.3) is 5.69 Å². The van der Waals surface area contributed by atoms with E-state index in [1.807, 2.05) is 18.2 Å². The second kappa shape index (κ2) is 8.71. The van der Waals surface area contributed by atoms with Crippen molar-refractivity contribution in [2.24, 2.45) is 10.2 Å². The summed E-state index contributed by atoms with van der Waals surface area (Å²) < 4.78 is 0. The van der Waals surface area contributed by atoms with Gasteiger partial charge in [-0.2, -0.15) is 5.11 Å². The molecule has 1 heterocycles. The van der Waals surface area contributed by atoms with Crippen molar-refractivity contribution >= 4 is 39.2 Å². The highest BCUT2D eigenvalue weighted by molar-refractivity contribution is 6.09. The Labute approximate surface area is 181 Å². The standard InChI is InChI=1S/C24H27N5O2/c1-3-4-5-6-16-24(2)25-21-9-7-8-19-20(14-15-22(26-24)23(19)21)28-27-17-10-12-18(13-11-17)29(30)31/h7-15,25-26H,3-6,16H2,1-2H3/b28-27+. The third kappa shape index (κ3) is 4.50. The number of unbranched alkanes of at least 4 members (excludes halogenated alkanes) is 3. The molecule has 1 aliphatic heterocycles. The van der Waals surface area contributed by atoms with Crippen molar-refractivity contribution in [2.45, 2.75) is 51.6 Å². The van der Waals surface area contributed by atoms with E-state index in [1.54, 1.807) is 12.1 Å². The Kier molecular flexibility index (Phi) is 5.84. The van der Waals surface area contributed by atoms with Crippen LogP contribution in [0.5, 0.6) is 0 Å². The molecular formula is C24H27N5O2. The molecule has 0 bridgehead atoms. The fourth-order valence-corrected chi connectivity index (χ4v) is 4.10. The summed E-state index contributed by atoms with van der Waals surface area (Å²) >= 11 is 0. The summed E-state index contributed by atoms with van der Waals surface area (Å²) in [6, 6.07) is 16.3. The summed E-state index contributed by atoms with van der Waals surface area (Å²) in [6.45, 7) is 4.44. The van der Waals surface area contributed by atoms with Crippen LogP contribution in [0.2, 0.25) is 0 Å². The van der Waals surface area contributed by atoms with E-state index in [0.717, 1.165) is 34.3 Å². The van der Waals surface area contributed by atoms with Crippen LogP contribution in [0.25, 0.3) is 10.8 Å². The van der Waals surface area contributed by atoms with E-state index in [1.165, 1.54) is 37.8 Å². The molecule has 160 valence electrons. The highest BCUT2D eigenvalue weighted by atomic mass is 16.6. The van der Waals surface area contributed by atoms with Gasteiger partial charge < -0.3 is 10.6 Å². The third-order valence-corrected chi connectivity index (χ3v) is 5.70. The smallest absolute Gasteiger partial charge is 0.269 e. The van der Waals surface area contributed by atoms with Crippen LogP contribution >= 0.6 is 0 Å². The molecule has 7 heteroatoms. The number of nitro benzene ring substituents is 1. The van der Waals surface area contributed by atoms with Crippen LogP contribution in [0.4, 0.5) is 28.4 Å². The maximum atomic E-state index is 10.8. The third-order valence-electron chi connectivity index (χ3n) is 5.70. The van der Waals surface area contributed by atoms with Gasteiger partial charge in [0.05, 0.1) is 16.3 Å². The molecule has 0 saturated carbocycles. The molecule has 3 aromatic rings. The molecule has 4 rings (SSSR count). The molecule has 0 radical (unpaired) electrons. The van der Waals surface area contributed by atoms with Crippen molar-refractivity contribution in [1.29, 1.82) is 0 Å². The second-order valence-corrected chi connectivity index (χ2v) is 8.23. The summed E-state index contributed by atoms with van der Waals surface area (Å²) in [4.78, 5) is 10.4. The van der Waals surface area contributed by atoms with Crippen LogP contribution in [0.3, 0.4) is 0 Å². The minimum absolute atomic E-state index is 0.0374. The van der Waals surface area contributed by atoms with Crippen molar-refractivity contribution in [3.63, 3.8) is 0 Å². The highest BCUT2D eigenvalue weighted by Gasteiger charge is 2.29. The molecule has 1 atom stereocenters. The first-order valence-electron chi connectivity index (χ1n) is 10.8. The quantitative estimate of drug-likeness (QED) is 0.170. The van der Waals surface area contributed by atoms with Gasteiger partial charge in [-0.3, -0.25) is 10.1 Å². The topological polar surface area (TPSA) is 91.9 Å². The van der Waals surface area contributed by atoms with Crippen LogP contribution in [0.1, 0.15) is 46.0 Å². The second-order valence-electron chi connectivity index (χ2n) is 8.23. The first kappa shape index (κ1) is 20.8. The SMILES string of the molecule is CCCCCCC1(C)Nc2cccc3c(/N=N/c4ccc([N+](=O)[O-])cc4)ccc(c23)N1. The number of rotatable bonds is 8. The van der Waals surface area contributed by atoms with Crippen LogP contribution in [-0.4, -0.2) is 10.6 Å². The monoisotopic (exact) mass is 417 g/mol. The van der Waals surface area contributed by atoms with Gasteiger partial charge in [-0.05, 0) is 50.1 Å². The lowest BCUT2D eigenvalue weighted by atomic mass is 9.95. The van der Waals surface area contributed by atoms with Crippen LogP contribution in [0.15, 0.2) is 64.8 Å². The van der Waals surface area contributed by atoms with E-state index in [2.05, 4.69) is 46.8 Å². The van der Waals surface area contributed by atoms with Crippen molar-refractivity contribution in [3.8, 4) is 0 Å².